The number of aromatic nitrogens is 2. The molecule has 8 heteroatoms. The normalized spacial score (nSPS) is 13.0. The van der Waals surface area contributed by atoms with Crippen molar-refractivity contribution in [1.82, 2.24) is 9.55 Å². The molecule has 2 aromatic rings. The van der Waals surface area contributed by atoms with Crippen molar-refractivity contribution in [2.24, 2.45) is 0 Å². The summed E-state index contributed by atoms with van der Waals surface area (Å²) in [7, 11) is 0. The number of thioether (sulfide) groups is 1. The number of nitrogens with one attached hydrogen (secondary N) is 1. The second kappa shape index (κ2) is 5.71. The van der Waals surface area contributed by atoms with E-state index in [4.69, 9.17) is 23.2 Å². The molecule has 0 saturated heterocycles. The van der Waals surface area contributed by atoms with E-state index in [1.54, 1.807) is 18.2 Å². The van der Waals surface area contributed by atoms with Crippen molar-refractivity contribution in [3.05, 3.63) is 50.4 Å². The van der Waals surface area contributed by atoms with Crippen molar-refractivity contribution in [1.29, 1.82) is 0 Å². The van der Waals surface area contributed by atoms with Crippen molar-refractivity contribution in [3.63, 3.8) is 0 Å². The largest absolute Gasteiger partial charge is 0.320 e. The second-order valence-electron chi connectivity index (χ2n) is 4.32. The minimum Gasteiger partial charge on any atom is -0.320 e. The predicted octanol–water partition coefficient (Wildman–Crippen LogP) is 2.91. The topological polar surface area (TPSA) is 64.0 Å². The Morgan fingerprint density at radius 3 is 3.00 bits per heavy atom. The van der Waals surface area contributed by atoms with Crippen LogP contribution in [-0.4, -0.2) is 21.2 Å². The van der Waals surface area contributed by atoms with Crippen LogP contribution in [0.1, 0.15) is 10.4 Å². The molecule has 0 unspecified atom stereocenters. The lowest BCUT2D eigenvalue weighted by atomic mass is 10.2. The molecule has 0 fully saturated rings. The van der Waals surface area contributed by atoms with Crippen molar-refractivity contribution >= 4 is 46.6 Å². The average Bonchev–Trinajstić information content (AvgIpc) is 2.93. The fourth-order valence-corrected chi connectivity index (χ4v) is 3.22. The average molecular weight is 342 g/mol. The van der Waals surface area contributed by atoms with Crippen molar-refractivity contribution in [2.75, 3.05) is 11.1 Å². The number of nitrogens with zero attached hydrogens (tertiary/aromatic N) is 2. The fraction of sp³-hybridized carbons (Fsp3) is 0.154. The van der Waals surface area contributed by atoms with Gasteiger partial charge in [-0.15, -0.1) is 0 Å². The summed E-state index contributed by atoms with van der Waals surface area (Å²) < 4.78 is 1.50. The number of fused-ring (bicyclic) bond motifs is 1. The number of amides is 1. The molecule has 0 radical (unpaired) electrons. The summed E-state index contributed by atoms with van der Waals surface area (Å²) in [6.45, 7) is 0.560. The van der Waals surface area contributed by atoms with Gasteiger partial charge in [0.15, 0.2) is 5.16 Å². The van der Waals surface area contributed by atoms with Crippen LogP contribution in [0.15, 0.2) is 34.3 Å². The van der Waals surface area contributed by atoms with Gasteiger partial charge < -0.3 is 5.32 Å². The van der Waals surface area contributed by atoms with E-state index in [-0.39, 0.29) is 16.1 Å². The molecule has 1 aromatic heterocycles. The van der Waals surface area contributed by atoms with E-state index in [0.717, 1.165) is 5.75 Å². The van der Waals surface area contributed by atoms with Crippen LogP contribution in [0.2, 0.25) is 10.0 Å². The van der Waals surface area contributed by atoms with Gasteiger partial charge in [0.2, 0.25) is 0 Å². The molecule has 21 heavy (non-hydrogen) atoms. The maximum atomic E-state index is 12.2. The Hall–Kier alpha value is -1.50. The highest BCUT2D eigenvalue weighted by Gasteiger charge is 2.20. The minimum absolute atomic E-state index is 0.0164. The van der Waals surface area contributed by atoms with E-state index >= 15 is 0 Å². The zero-order chi connectivity index (χ0) is 15.0. The molecule has 0 bridgehead atoms. The van der Waals surface area contributed by atoms with Crippen LogP contribution < -0.4 is 10.9 Å². The van der Waals surface area contributed by atoms with E-state index in [1.165, 1.54) is 22.5 Å². The summed E-state index contributed by atoms with van der Waals surface area (Å²) in [5.41, 5.74) is -0.00798. The molecular formula is C13H9Cl2N3O2S. The van der Waals surface area contributed by atoms with Crippen LogP contribution in [0.4, 0.5) is 5.69 Å². The molecule has 5 nitrogen and oxygen atoms in total. The number of carbonyl (C=O) groups excluding carboxylic acids is 1. The molecule has 0 atom stereocenters. The molecule has 0 spiro atoms. The van der Waals surface area contributed by atoms with Gasteiger partial charge in [-0.2, -0.15) is 0 Å². The molecule has 2 heterocycles. The number of benzene rings is 1. The monoisotopic (exact) mass is 341 g/mol. The molecule has 108 valence electrons. The van der Waals surface area contributed by atoms with Gasteiger partial charge in [-0.05, 0) is 12.1 Å². The molecular weight excluding hydrogens is 333 g/mol. The number of carbonyl (C=O) groups is 1. The highest BCUT2D eigenvalue weighted by atomic mass is 35.5. The van der Waals surface area contributed by atoms with Gasteiger partial charge in [-0.1, -0.05) is 41.0 Å². The molecule has 1 N–H and O–H groups in total. The van der Waals surface area contributed by atoms with Crippen LogP contribution in [0.5, 0.6) is 0 Å². The summed E-state index contributed by atoms with van der Waals surface area (Å²) in [6.07, 6.45) is 1.29. The first kappa shape index (κ1) is 14.4. The highest BCUT2D eigenvalue weighted by Crippen LogP contribution is 2.29. The molecule has 1 aliphatic rings. The summed E-state index contributed by atoms with van der Waals surface area (Å²) >= 11 is 13.4. The Morgan fingerprint density at radius 1 is 1.38 bits per heavy atom. The van der Waals surface area contributed by atoms with Crippen LogP contribution in [0.25, 0.3) is 0 Å². The summed E-state index contributed by atoms with van der Waals surface area (Å²) in [5.74, 6) is 0.233. The third kappa shape index (κ3) is 2.66. The van der Waals surface area contributed by atoms with E-state index < -0.39 is 5.91 Å². The Kier molecular flexibility index (Phi) is 3.93. The van der Waals surface area contributed by atoms with Gasteiger partial charge in [-0.25, -0.2) is 4.98 Å². The SMILES string of the molecule is O=C(Nc1cccc(Cl)c1Cl)c1cnc2n(c1=O)CCS2. The van der Waals surface area contributed by atoms with Crippen LogP contribution in [0.3, 0.4) is 0 Å². The van der Waals surface area contributed by atoms with E-state index in [2.05, 4.69) is 10.3 Å². The lowest BCUT2D eigenvalue weighted by Gasteiger charge is -2.09. The lowest BCUT2D eigenvalue weighted by Crippen LogP contribution is -2.29. The molecule has 3 rings (SSSR count). The zero-order valence-corrected chi connectivity index (χ0v) is 12.9. The number of rotatable bonds is 2. The number of hydrogen-bond donors (Lipinski definition) is 1. The van der Waals surface area contributed by atoms with E-state index in [0.29, 0.717) is 22.4 Å². The molecule has 0 aliphatic carbocycles. The lowest BCUT2D eigenvalue weighted by molar-refractivity contribution is 0.102. The standard InChI is InChI=1S/C13H9Cl2N3O2S/c14-8-2-1-3-9(10(8)15)17-11(19)7-6-16-13-18(12(7)20)4-5-21-13/h1-3,6H,4-5H2,(H,17,19). The highest BCUT2D eigenvalue weighted by molar-refractivity contribution is 7.99. The maximum Gasteiger partial charge on any atom is 0.267 e. The van der Waals surface area contributed by atoms with Gasteiger partial charge in [0, 0.05) is 18.5 Å². The zero-order valence-electron chi connectivity index (χ0n) is 10.6. The Balaban J connectivity index is 1.93. The van der Waals surface area contributed by atoms with Gasteiger partial charge >= 0.3 is 0 Å². The van der Waals surface area contributed by atoms with Gasteiger partial charge in [0.25, 0.3) is 11.5 Å². The number of anilines is 1. The van der Waals surface area contributed by atoms with Crippen LogP contribution in [0, 0.1) is 0 Å². The quantitative estimate of drug-likeness (QED) is 0.853. The molecule has 1 amide bonds. The Morgan fingerprint density at radius 2 is 2.19 bits per heavy atom. The Bertz CT molecular complexity index is 791. The van der Waals surface area contributed by atoms with E-state index in [1.807, 2.05) is 0 Å². The maximum absolute atomic E-state index is 12.2. The smallest absolute Gasteiger partial charge is 0.267 e. The third-order valence-corrected chi connectivity index (χ3v) is 4.79. The first-order chi connectivity index (χ1) is 10.1. The third-order valence-electron chi connectivity index (χ3n) is 3.00. The van der Waals surface area contributed by atoms with E-state index in [9.17, 15) is 9.59 Å². The van der Waals surface area contributed by atoms with Crippen molar-refractivity contribution < 1.29 is 4.79 Å². The summed E-state index contributed by atoms with van der Waals surface area (Å²) in [5, 5.41) is 3.78. The number of hydrogen-bond acceptors (Lipinski definition) is 4. The second-order valence-corrected chi connectivity index (χ2v) is 6.16. The van der Waals surface area contributed by atoms with Gasteiger partial charge in [-0.3, -0.25) is 14.2 Å². The molecule has 1 aromatic carbocycles. The minimum atomic E-state index is -0.552. The first-order valence-electron chi connectivity index (χ1n) is 6.06. The van der Waals surface area contributed by atoms with Gasteiger partial charge in [0.05, 0.1) is 15.7 Å². The number of halogens is 2. The first-order valence-corrected chi connectivity index (χ1v) is 7.80. The summed E-state index contributed by atoms with van der Waals surface area (Å²) in [6, 6.07) is 4.89. The van der Waals surface area contributed by atoms with Crippen molar-refractivity contribution in [2.45, 2.75) is 11.7 Å². The molecule has 1 aliphatic heterocycles. The van der Waals surface area contributed by atoms with Crippen LogP contribution in [-0.2, 0) is 6.54 Å². The molecule has 0 saturated carbocycles. The van der Waals surface area contributed by atoms with Crippen LogP contribution >= 0.6 is 35.0 Å². The van der Waals surface area contributed by atoms with Crippen molar-refractivity contribution in [3.8, 4) is 0 Å². The summed E-state index contributed by atoms with van der Waals surface area (Å²) in [4.78, 5) is 28.6. The fourth-order valence-electron chi connectivity index (χ4n) is 1.96. The van der Waals surface area contributed by atoms with Gasteiger partial charge in [0.1, 0.15) is 5.56 Å². The Labute approximate surface area is 134 Å². The predicted molar refractivity (Wildman–Crippen MR) is 83.6 cm³/mol.